The van der Waals surface area contributed by atoms with E-state index in [1.54, 1.807) is 6.07 Å². The minimum atomic E-state index is -4.87. The van der Waals surface area contributed by atoms with Crippen molar-refractivity contribution in [2.45, 2.75) is 6.18 Å². The predicted octanol–water partition coefficient (Wildman–Crippen LogP) is 7.05. The Balaban J connectivity index is 1.96. The molecule has 0 fully saturated rings. The maximum atomic E-state index is 13.4. The quantitative estimate of drug-likeness (QED) is 0.412. The highest BCUT2D eigenvalue weighted by Gasteiger charge is 2.34. The summed E-state index contributed by atoms with van der Waals surface area (Å²) in [5.74, 6) is -1.70. The van der Waals surface area contributed by atoms with Gasteiger partial charge in [0.1, 0.15) is 11.6 Å². The number of ether oxygens (including phenoxy) is 1. The standard InChI is InChI=1S/C17H7Cl3F4N2O/c18-11-3-1-8(5-12(11)19)15-13(20)7-25-16(26-15)27-9-2-4-14(21)10(6-9)17(22,23)24/h1-7H. The highest BCUT2D eigenvalue weighted by atomic mass is 35.5. The molecule has 3 rings (SSSR count). The Morgan fingerprint density at radius 3 is 2.30 bits per heavy atom. The second-order valence-electron chi connectivity index (χ2n) is 5.22. The van der Waals surface area contributed by atoms with Crippen LogP contribution in [0.25, 0.3) is 11.3 Å². The average Bonchev–Trinajstić information content (AvgIpc) is 2.60. The van der Waals surface area contributed by atoms with Crippen molar-refractivity contribution in [3.05, 3.63) is 69.0 Å². The number of halogens is 7. The molecule has 1 aromatic heterocycles. The number of benzene rings is 2. The molecule has 3 aromatic rings. The summed E-state index contributed by atoms with van der Waals surface area (Å²) < 4.78 is 57.0. The molecule has 1 heterocycles. The largest absolute Gasteiger partial charge is 0.424 e. The summed E-state index contributed by atoms with van der Waals surface area (Å²) in [4.78, 5) is 7.90. The number of nitrogens with zero attached hydrogens (tertiary/aromatic N) is 2. The number of rotatable bonds is 3. The molecule has 0 N–H and O–H groups in total. The topological polar surface area (TPSA) is 35.0 Å². The normalized spacial score (nSPS) is 11.5. The van der Waals surface area contributed by atoms with E-state index in [2.05, 4.69) is 9.97 Å². The summed E-state index contributed by atoms with van der Waals surface area (Å²) in [7, 11) is 0. The molecule has 0 radical (unpaired) electrons. The maximum Gasteiger partial charge on any atom is 0.419 e. The molecule has 0 aliphatic heterocycles. The lowest BCUT2D eigenvalue weighted by molar-refractivity contribution is -0.140. The van der Waals surface area contributed by atoms with Crippen LogP contribution in [-0.4, -0.2) is 9.97 Å². The first-order valence-corrected chi connectivity index (χ1v) is 8.31. The molecule has 10 heteroatoms. The lowest BCUT2D eigenvalue weighted by Gasteiger charge is -2.11. The van der Waals surface area contributed by atoms with Crippen LogP contribution in [0, 0.1) is 5.82 Å². The van der Waals surface area contributed by atoms with E-state index >= 15 is 0 Å². The first-order chi connectivity index (χ1) is 12.6. The number of hydrogen-bond acceptors (Lipinski definition) is 3. The summed E-state index contributed by atoms with van der Waals surface area (Å²) in [6, 6.07) is 6.57. The molecule has 2 aromatic carbocycles. The van der Waals surface area contributed by atoms with E-state index < -0.39 is 17.6 Å². The third kappa shape index (κ3) is 4.43. The molecule has 0 saturated carbocycles. The zero-order valence-electron chi connectivity index (χ0n) is 13.0. The van der Waals surface area contributed by atoms with Gasteiger partial charge in [0.2, 0.25) is 0 Å². The van der Waals surface area contributed by atoms with Crippen molar-refractivity contribution < 1.29 is 22.3 Å². The van der Waals surface area contributed by atoms with Crippen LogP contribution in [0.15, 0.2) is 42.6 Å². The van der Waals surface area contributed by atoms with Gasteiger partial charge in [-0.05, 0) is 30.3 Å². The lowest BCUT2D eigenvalue weighted by atomic mass is 10.1. The van der Waals surface area contributed by atoms with Crippen LogP contribution in [0.1, 0.15) is 5.56 Å². The Kier molecular flexibility index (Phi) is 5.46. The van der Waals surface area contributed by atoms with Gasteiger partial charge in [-0.15, -0.1) is 0 Å². The van der Waals surface area contributed by atoms with E-state index in [-0.39, 0.29) is 27.5 Å². The van der Waals surface area contributed by atoms with Gasteiger partial charge in [-0.2, -0.15) is 18.2 Å². The summed E-state index contributed by atoms with van der Waals surface area (Å²) in [5.41, 5.74) is -0.728. The van der Waals surface area contributed by atoms with Crippen LogP contribution in [-0.2, 0) is 6.18 Å². The van der Waals surface area contributed by atoms with Crippen LogP contribution < -0.4 is 4.74 Å². The second-order valence-corrected chi connectivity index (χ2v) is 6.44. The maximum absolute atomic E-state index is 13.4. The van der Waals surface area contributed by atoms with Crippen molar-refractivity contribution in [1.29, 1.82) is 0 Å². The first-order valence-electron chi connectivity index (χ1n) is 7.17. The van der Waals surface area contributed by atoms with E-state index in [0.717, 1.165) is 6.07 Å². The number of aromatic nitrogens is 2. The molecule has 140 valence electrons. The fourth-order valence-electron chi connectivity index (χ4n) is 2.14. The van der Waals surface area contributed by atoms with Gasteiger partial charge in [0, 0.05) is 5.56 Å². The number of alkyl halides is 3. The van der Waals surface area contributed by atoms with Crippen LogP contribution >= 0.6 is 34.8 Å². The highest BCUT2D eigenvalue weighted by molar-refractivity contribution is 6.42. The van der Waals surface area contributed by atoms with Gasteiger partial charge >= 0.3 is 12.2 Å². The van der Waals surface area contributed by atoms with E-state index in [1.165, 1.54) is 18.3 Å². The van der Waals surface area contributed by atoms with Gasteiger partial charge in [-0.3, -0.25) is 0 Å². The van der Waals surface area contributed by atoms with Gasteiger partial charge in [-0.25, -0.2) is 9.37 Å². The smallest absolute Gasteiger partial charge is 0.419 e. The summed E-state index contributed by atoms with van der Waals surface area (Å²) in [5, 5.41) is 0.753. The molecule has 27 heavy (non-hydrogen) atoms. The molecular formula is C17H7Cl3F4N2O. The van der Waals surface area contributed by atoms with Gasteiger partial charge in [0.15, 0.2) is 0 Å². The van der Waals surface area contributed by atoms with Crippen molar-refractivity contribution in [1.82, 2.24) is 9.97 Å². The fourth-order valence-corrected chi connectivity index (χ4v) is 2.63. The van der Waals surface area contributed by atoms with Crippen LogP contribution in [0.3, 0.4) is 0 Å². The van der Waals surface area contributed by atoms with Gasteiger partial charge < -0.3 is 4.74 Å². The van der Waals surface area contributed by atoms with Crippen molar-refractivity contribution in [2.75, 3.05) is 0 Å². The zero-order valence-corrected chi connectivity index (χ0v) is 15.3. The highest BCUT2D eigenvalue weighted by Crippen LogP contribution is 2.35. The second kappa shape index (κ2) is 7.50. The van der Waals surface area contributed by atoms with E-state index in [4.69, 9.17) is 39.5 Å². The van der Waals surface area contributed by atoms with Gasteiger partial charge in [0.25, 0.3) is 0 Å². The minimum absolute atomic E-state index is 0.163. The molecule has 0 bridgehead atoms. The van der Waals surface area contributed by atoms with Gasteiger partial charge in [-0.1, -0.05) is 40.9 Å². The monoisotopic (exact) mass is 436 g/mol. The Morgan fingerprint density at radius 1 is 0.889 bits per heavy atom. The van der Waals surface area contributed by atoms with E-state index in [1.807, 2.05) is 0 Å². The minimum Gasteiger partial charge on any atom is -0.424 e. The Morgan fingerprint density at radius 2 is 1.63 bits per heavy atom. The molecule has 0 aliphatic rings. The molecule has 0 atom stereocenters. The van der Waals surface area contributed by atoms with Crippen molar-refractivity contribution in [2.24, 2.45) is 0 Å². The predicted molar refractivity (Wildman–Crippen MR) is 94.0 cm³/mol. The first kappa shape index (κ1) is 19.7. The molecule has 0 spiro atoms. The van der Waals surface area contributed by atoms with Crippen molar-refractivity contribution in [3.63, 3.8) is 0 Å². The zero-order chi connectivity index (χ0) is 19.8. The molecular weight excluding hydrogens is 431 g/mol. The third-order valence-electron chi connectivity index (χ3n) is 3.37. The average molecular weight is 438 g/mol. The summed E-state index contributed by atoms with van der Waals surface area (Å²) in [6.07, 6.45) is -3.65. The molecule has 0 aliphatic carbocycles. The fraction of sp³-hybridized carbons (Fsp3) is 0.0588. The number of hydrogen-bond donors (Lipinski definition) is 0. The Hall–Kier alpha value is -2.09. The molecule has 3 nitrogen and oxygen atoms in total. The van der Waals surface area contributed by atoms with E-state index in [9.17, 15) is 17.6 Å². The molecule has 0 saturated heterocycles. The SMILES string of the molecule is Fc1ccc(Oc2ncc(Cl)c(-c3ccc(Cl)c(Cl)c3)n2)cc1C(F)(F)F. The van der Waals surface area contributed by atoms with E-state index in [0.29, 0.717) is 22.7 Å². The van der Waals surface area contributed by atoms with Crippen molar-refractivity contribution >= 4 is 34.8 Å². The van der Waals surface area contributed by atoms with Crippen LogP contribution in [0.4, 0.5) is 17.6 Å². The third-order valence-corrected chi connectivity index (χ3v) is 4.38. The summed E-state index contributed by atoms with van der Waals surface area (Å²) >= 11 is 17.9. The molecule has 0 unspecified atom stereocenters. The van der Waals surface area contributed by atoms with Crippen molar-refractivity contribution in [3.8, 4) is 23.0 Å². The van der Waals surface area contributed by atoms with Gasteiger partial charge in [0.05, 0.1) is 32.5 Å². The Labute approximate surface area is 165 Å². The molecule has 0 amide bonds. The van der Waals surface area contributed by atoms with Crippen LogP contribution in [0.2, 0.25) is 15.1 Å². The Bertz CT molecular complexity index is 1010. The lowest BCUT2D eigenvalue weighted by Crippen LogP contribution is -2.08. The summed E-state index contributed by atoms with van der Waals surface area (Å²) in [6.45, 7) is 0. The van der Waals surface area contributed by atoms with Crippen LogP contribution in [0.5, 0.6) is 11.8 Å².